The lowest BCUT2D eigenvalue weighted by atomic mass is 9.76. The highest BCUT2D eigenvalue weighted by Gasteiger charge is 2.31. The zero-order chi connectivity index (χ0) is 14.8. The van der Waals surface area contributed by atoms with Crippen molar-refractivity contribution in [3.63, 3.8) is 0 Å². The van der Waals surface area contributed by atoms with Gasteiger partial charge < -0.3 is 10.4 Å². The predicted octanol–water partition coefficient (Wildman–Crippen LogP) is 4.51. The number of hydrogen-bond acceptors (Lipinski definition) is 2. The fourth-order valence-electron chi connectivity index (χ4n) is 2.77. The lowest BCUT2D eigenvalue weighted by molar-refractivity contribution is 0.0697. The molecular weight excluding hydrogens is 330 g/mol. The first-order valence-electron chi connectivity index (χ1n) is 6.98. The van der Waals surface area contributed by atoms with Gasteiger partial charge in [0, 0.05) is 16.2 Å². The number of benzene rings is 2. The van der Waals surface area contributed by atoms with Crippen molar-refractivity contribution in [2.45, 2.75) is 24.8 Å². The Balaban J connectivity index is 1.61. The zero-order valence-corrected chi connectivity index (χ0v) is 13.0. The van der Waals surface area contributed by atoms with Crippen LogP contribution in [0.5, 0.6) is 0 Å². The highest BCUT2D eigenvalue weighted by Crippen LogP contribution is 2.41. The molecule has 1 aliphatic carbocycles. The molecule has 2 aromatic rings. The molecule has 4 heteroatoms. The number of carboxylic acids is 1. The molecule has 1 saturated carbocycles. The average molecular weight is 346 g/mol. The van der Waals surface area contributed by atoms with Gasteiger partial charge in [-0.05, 0) is 48.6 Å². The largest absolute Gasteiger partial charge is 0.478 e. The maximum Gasteiger partial charge on any atom is 0.335 e. The van der Waals surface area contributed by atoms with E-state index >= 15 is 0 Å². The van der Waals surface area contributed by atoms with E-state index in [9.17, 15) is 4.79 Å². The Morgan fingerprint density at radius 2 is 1.90 bits per heavy atom. The standard InChI is InChI=1S/C17H16BrNO2/c18-16-7-2-1-6-15(16)12-9-14(10-12)19-13-5-3-4-11(8-13)17(20)21/h1-8,12,14,19H,9-10H2,(H,20,21). The predicted molar refractivity (Wildman–Crippen MR) is 86.9 cm³/mol. The van der Waals surface area contributed by atoms with Crippen molar-refractivity contribution < 1.29 is 9.90 Å². The summed E-state index contributed by atoms with van der Waals surface area (Å²) in [5.74, 6) is -0.320. The molecule has 0 spiro atoms. The minimum Gasteiger partial charge on any atom is -0.478 e. The summed E-state index contributed by atoms with van der Waals surface area (Å²) in [7, 11) is 0. The third-order valence-electron chi connectivity index (χ3n) is 3.96. The molecule has 2 aromatic carbocycles. The van der Waals surface area contributed by atoms with E-state index in [0.29, 0.717) is 17.5 Å². The van der Waals surface area contributed by atoms with E-state index in [0.717, 1.165) is 18.5 Å². The second kappa shape index (κ2) is 5.90. The van der Waals surface area contributed by atoms with Crippen LogP contribution in [0.4, 0.5) is 5.69 Å². The third kappa shape index (κ3) is 3.10. The van der Waals surface area contributed by atoms with E-state index in [-0.39, 0.29) is 0 Å². The molecular formula is C17H16BrNO2. The van der Waals surface area contributed by atoms with Crippen molar-refractivity contribution in [3.8, 4) is 0 Å². The van der Waals surface area contributed by atoms with Gasteiger partial charge in [0.25, 0.3) is 0 Å². The highest BCUT2D eigenvalue weighted by molar-refractivity contribution is 9.10. The van der Waals surface area contributed by atoms with E-state index in [2.05, 4.69) is 39.4 Å². The van der Waals surface area contributed by atoms with Crippen LogP contribution in [0, 0.1) is 0 Å². The number of carbonyl (C=O) groups is 1. The number of nitrogens with one attached hydrogen (secondary N) is 1. The number of carboxylic acid groups (broad SMARTS) is 1. The first kappa shape index (κ1) is 14.1. The summed E-state index contributed by atoms with van der Waals surface area (Å²) in [6.07, 6.45) is 2.14. The molecule has 108 valence electrons. The molecule has 0 atom stereocenters. The van der Waals surface area contributed by atoms with Crippen LogP contribution < -0.4 is 5.32 Å². The van der Waals surface area contributed by atoms with Crippen LogP contribution in [0.3, 0.4) is 0 Å². The van der Waals surface area contributed by atoms with E-state index in [1.54, 1.807) is 18.2 Å². The van der Waals surface area contributed by atoms with Gasteiger partial charge in [-0.15, -0.1) is 0 Å². The Morgan fingerprint density at radius 3 is 2.62 bits per heavy atom. The van der Waals surface area contributed by atoms with Crippen molar-refractivity contribution in [2.24, 2.45) is 0 Å². The summed E-state index contributed by atoms with van der Waals surface area (Å²) in [6, 6.07) is 15.7. The molecule has 0 amide bonds. The van der Waals surface area contributed by atoms with E-state index < -0.39 is 5.97 Å². The van der Waals surface area contributed by atoms with E-state index in [1.165, 1.54) is 10.0 Å². The maximum absolute atomic E-state index is 11.0. The van der Waals surface area contributed by atoms with E-state index in [1.807, 2.05) is 12.1 Å². The molecule has 0 aromatic heterocycles. The molecule has 0 bridgehead atoms. The van der Waals surface area contributed by atoms with Crippen LogP contribution in [0.25, 0.3) is 0 Å². The molecule has 3 rings (SSSR count). The molecule has 21 heavy (non-hydrogen) atoms. The second-order valence-corrected chi connectivity index (χ2v) is 6.27. The maximum atomic E-state index is 11.0. The number of rotatable bonds is 4. The Labute approximate surface area is 132 Å². The average Bonchev–Trinajstić information content (AvgIpc) is 2.44. The first-order chi connectivity index (χ1) is 10.1. The second-order valence-electron chi connectivity index (χ2n) is 5.42. The van der Waals surface area contributed by atoms with Crippen molar-refractivity contribution >= 4 is 27.6 Å². The van der Waals surface area contributed by atoms with Crippen LogP contribution in [0.1, 0.15) is 34.7 Å². The summed E-state index contributed by atoms with van der Waals surface area (Å²) in [5, 5.41) is 12.4. The molecule has 2 N–H and O–H groups in total. The number of aromatic carboxylic acids is 1. The molecule has 0 saturated heterocycles. The van der Waals surface area contributed by atoms with Crippen molar-refractivity contribution in [3.05, 3.63) is 64.1 Å². The van der Waals surface area contributed by atoms with Crippen LogP contribution in [-0.4, -0.2) is 17.1 Å². The molecule has 1 aliphatic rings. The van der Waals surface area contributed by atoms with Gasteiger partial charge in [0.1, 0.15) is 0 Å². The topological polar surface area (TPSA) is 49.3 Å². The zero-order valence-electron chi connectivity index (χ0n) is 11.4. The lowest BCUT2D eigenvalue weighted by Gasteiger charge is -2.37. The fraction of sp³-hybridized carbons (Fsp3) is 0.235. The molecule has 0 heterocycles. The first-order valence-corrected chi connectivity index (χ1v) is 7.77. The van der Waals surface area contributed by atoms with Gasteiger partial charge in [0.05, 0.1) is 5.56 Å². The smallest absolute Gasteiger partial charge is 0.335 e. The SMILES string of the molecule is O=C(O)c1cccc(NC2CC(c3ccccc3Br)C2)c1. The summed E-state index contributed by atoms with van der Waals surface area (Å²) >= 11 is 3.60. The van der Waals surface area contributed by atoms with Gasteiger partial charge >= 0.3 is 5.97 Å². The van der Waals surface area contributed by atoms with Crippen LogP contribution in [0.15, 0.2) is 53.0 Å². The minimum atomic E-state index is -0.890. The molecule has 0 radical (unpaired) electrons. The number of hydrogen-bond donors (Lipinski definition) is 2. The summed E-state index contributed by atoms with van der Waals surface area (Å²) in [5.41, 5.74) is 2.56. The Kier molecular flexibility index (Phi) is 3.97. The number of anilines is 1. The Morgan fingerprint density at radius 1 is 1.14 bits per heavy atom. The normalized spacial score (nSPS) is 20.6. The van der Waals surface area contributed by atoms with Crippen LogP contribution in [-0.2, 0) is 0 Å². The van der Waals surface area contributed by atoms with Crippen LogP contribution >= 0.6 is 15.9 Å². The minimum absolute atomic E-state index is 0.321. The van der Waals surface area contributed by atoms with Crippen molar-refractivity contribution in [2.75, 3.05) is 5.32 Å². The summed E-state index contributed by atoms with van der Waals surface area (Å²) in [4.78, 5) is 11.0. The monoisotopic (exact) mass is 345 g/mol. The highest BCUT2D eigenvalue weighted by atomic mass is 79.9. The van der Waals surface area contributed by atoms with Gasteiger partial charge in [-0.25, -0.2) is 4.79 Å². The molecule has 3 nitrogen and oxygen atoms in total. The number of halogens is 1. The quantitative estimate of drug-likeness (QED) is 0.857. The third-order valence-corrected chi connectivity index (χ3v) is 4.69. The van der Waals surface area contributed by atoms with Gasteiger partial charge in [-0.2, -0.15) is 0 Å². The molecule has 1 fully saturated rings. The van der Waals surface area contributed by atoms with E-state index in [4.69, 9.17) is 5.11 Å². The summed E-state index contributed by atoms with van der Waals surface area (Å²) in [6.45, 7) is 0. The Hall–Kier alpha value is -1.81. The van der Waals surface area contributed by atoms with Crippen molar-refractivity contribution in [1.82, 2.24) is 0 Å². The van der Waals surface area contributed by atoms with Gasteiger partial charge in [0.2, 0.25) is 0 Å². The summed E-state index contributed by atoms with van der Waals surface area (Å²) < 4.78 is 1.17. The van der Waals surface area contributed by atoms with Gasteiger partial charge in [0.15, 0.2) is 0 Å². The Bertz CT molecular complexity index is 665. The van der Waals surface area contributed by atoms with Gasteiger partial charge in [-0.3, -0.25) is 0 Å². The lowest BCUT2D eigenvalue weighted by Crippen LogP contribution is -2.34. The fourth-order valence-corrected chi connectivity index (χ4v) is 3.38. The molecule has 0 unspecified atom stereocenters. The van der Waals surface area contributed by atoms with Crippen LogP contribution in [0.2, 0.25) is 0 Å². The van der Waals surface area contributed by atoms with Crippen molar-refractivity contribution in [1.29, 1.82) is 0 Å². The molecule has 0 aliphatic heterocycles. The van der Waals surface area contributed by atoms with Gasteiger partial charge in [-0.1, -0.05) is 40.2 Å².